The van der Waals surface area contributed by atoms with E-state index in [-0.39, 0.29) is 0 Å². The minimum absolute atomic E-state index is 0.492. The van der Waals surface area contributed by atoms with E-state index in [9.17, 15) is 0 Å². The highest BCUT2D eigenvalue weighted by Gasteiger charge is 2.18. The van der Waals surface area contributed by atoms with E-state index in [0.29, 0.717) is 5.92 Å². The van der Waals surface area contributed by atoms with Gasteiger partial charge in [-0.1, -0.05) is 18.5 Å². The van der Waals surface area contributed by atoms with Crippen molar-refractivity contribution in [1.82, 2.24) is 10.2 Å². The predicted octanol–water partition coefficient (Wildman–Crippen LogP) is 1.94. The van der Waals surface area contributed by atoms with Gasteiger partial charge in [0, 0.05) is 36.9 Å². The lowest BCUT2D eigenvalue weighted by Crippen LogP contribution is -2.43. The molecule has 2 aliphatic rings. The molecule has 0 aromatic rings. The SMILES string of the molecule is CC1CC(N2CCNCC2)=CC=C1Cl. The topological polar surface area (TPSA) is 15.3 Å². The van der Waals surface area contributed by atoms with Crippen molar-refractivity contribution in [2.24, 2.45) is 5.92 Å². The first-order valence-corrected chi connectivity index (χ1v) is 5.67. The fraction of sp³-hybridized carbons (Fsp3) is 0.636. The Morgan fingerprint density at radius 3 is 2.71 bits per heavy atom. The normalized spacial score (nSPS) is 28.4. The number of halogens is 1. The van der Waals surface area contributed by atoms with Crippen molar-refractivity contribution >= 4 is 11.6 Å². The maximum atomic E-state index is 6.06. The summed E-state index contributed by atoms with van der Waals surface area (Å²) in [6, 6.07) is 0. The van der Waals surface area contributed by atoms with Crippen molar-refractivity contribution in [2.45, 2.75) is 13.3 Å². The third-order valence-corrected chi connectivity index (χ3v) is 3.44. The Morgan fingerprint density at radius 1 is 1.36 bits per heavy atom. The lowest BCUT2D eigenvalue weighted by Gasteiger charge is -2.34. The highest BCUT2D eigenvalue weighted by molar-refractivity contribution is 6.30. The van der Waals surface area contributed by atoms with Crippen LogP contribution in [0.5, 0.6) is 0 Å². The maximum absolute atomic E-state index is 6.06. The zero-order valence-corrected chi connectivity index (χ0v) is 9.35. The van der Waals surface area contributed by atoms with Crippen LogP contribution in [0.2, 0.25) is 0 Å². The Labute approximate surface area is 90.6 Å². The highest BCUT2D eigenvalue weighted by Crippen LogP contribution is 2.29. The van der Waals surface area contributed by atoms with Crippen LogP contribution < -0.4 is 5.32 Å². The summed E-state index contributed by atoms with van der Waals surface area (Å²) in [5.41, 5.74) is 1.45. The number of nitrogens with zero attached hydrogens (tertiary/aromatic N) is 1. The van der Waals surface area contributed by atoms with Crippen LogP contribution in [0.3, 0.4) is 0 Å². The molecule has 0 aromatic heterocycles. The molecule has 0 spiro atoms. The van der Waals surface area contributed by atoms with E-state index < -0.39 is 0 Å². The monoisotopic (exact) mass is 212 g/mol. The van der Waals surface area contributed by atoms with Crippen LogP contribution >= 0.6 is 11.6 Å². The standard InChI is InChI=1S/C11H17ClN2/c1-9-8-10(2-3-11(9)12)14-6-4-13-5-7-14/h2-3,9,13H,4-8H2,1H3. The first-order valence-electron chi connectivity index (χ1n) is 5.29. The van der Waals surface area contributed by atoms with Crippen molar-refractivity contribution in [1.29, 1.82) is 0 Å². The minimum atomic E-state index is 0.492. The molecule has 0 amide bonds. The van der Waals surface area contributed by atoms with E-state index in [1.807, 2.05) is 6.08 Å². The molecule has 0 bridgehead atoms. The van der Waals surface area contributed by atoms with Gasteiger partial charge in [0.25, 0.3) is 0 Å². The number of hydrogen-bond donors (Lipinski definition) is 1. The van der Waals surface area contributed by atoms with E-state index in [1.165, 1.54) is 5.70 Å². The number of rotatable bonds is 1. The average molecular weight is 213 g/mol. The van der Waals surface area contributed by atoms with Gasteiger partial charge in [0.15, 0.2) is 0 Å². The van der Waals surface area contributed by atoms with E-state index in [4.69, 9.17) is 11.6 Å². The number of allylic oxidation sites excluding steroid dienone is 4. The fourth-order valence-corrected chi connectivity index (χ4v) is 2.15. The van der Waals surface area contributed by atoms with Crippen molar-refractivity contribution in [2.75, 3.05) is 26.2 Å². The van der Waals surface area contributed by atoms with Crippen LogP contribution in [0.25, 0.3) is 0 Å². The highest BCUT2D eigenvalue weighted by atomic mass is 35.5. The summed E-state index contributed by atoms with van der Waals surface area (Å²) in [5.74, 6) is 0.492. The lowest BCUT2D eigenvalue weighted by atomic mass is 9.99. The molecule has 2 rings (SSSR count). The molecule has 0 saturated carbocycles. The summed E-state index contributed by atoms with van der Waals surface area (Å²) in [4.78, 5) is 2.47. The molecule has 1 unspecified atom stereocenters. The van der Waals surface area contributed by atoms with Gasteiger partial charge in [-0.15, -0.1) is 0 Å². The molecular weight excluding hydrogens is 196 g/mol. The second-order valence-corrected chi connectivity index (χ2v) is 4.49. The van der Waals surface area contributed by atoms with Crippen molar-refractivity contribution in [3.05, 3.63) is 22.9 Å². The summed E-state index contributed by atoms with van der Waals surface area (Å²) < 4.78 is 0. The third kappa shape index (κ3) is 2.12. The maximum Gasteiger partial charge on any atom is 0.0300 e. The summed E-state index contributed by atoms with van der Waals surface area (Å²) in [7, 11) is 0. The quantitative estimate of drug-likeness (QED) is 0.715. The van der Waals surface area contributed by atoms with Crippen LogP contribution in [0.1, 0.15) is 13.3 Å². The van der Waals surface area contributed by atoms with Crippen LogP contribution in [0.15, 0.2) is 22.9 Å². The van der Waals surface area contributed by atoms with Gasteiger partial charge in [0.05, 0.1) is 0 Å². The zero-order chi connectivity index (χ0) is 9.97. The minimum Gasteiger partial charge on any atom is -0.372 e. The van der Waals surface area contributed by atoms with Crippen molar-refractivity contribution < 1.29 is 0 Å². The van der Waals surface area contributed by atoms with Crippen molar-refractivity contribution in [3.8, 4) is 0 Å². The molecule has 1 N–H and O–H groups in total. The summed E-state index contributed by atoms with van der Waals surface area (Å²) in [6.45, 7) is 6.65. The van der Waals surface area contributed by atoms with Gasteiger partial charge < -0.3 is 10.2 Å². The van der Waals surface area contributed by atoms with Crippen LogP contribution in [0, 0.1) is 5.92 Å². The van der Waals surface area contributed by atoms with Crippen LogP contribution in [-0.2, 0) is 0 Å². The largest absolute Gasteiger partial charge is 0.372 e. The fourth-order valence-electron chi connectivity index (χ4n) is 2.01. The molecule has 0 aromatic carbocycles. The Bertz CT molecular complexity index is 264. The molecular formula is C11H17ClN2. The molecule has 1 heterocycles. The van der Waals surface area contributed by atoms with E-state index in [0.717, 1.165) is 37.6 Å². The Kier molecular flexibility index (Phi) is 3.14. The molecule has 0 radical (unpaired) electrons. The number of nitrogens with one attached hydrogen (secondary N) is 1. The average Bonchev–Trinajstić information content (AvgIpc) is 2.23. The molecule has 78 valence electrons. The molecule has 1 fully saturated rings. The molecule has 1 saturated heterocycles. The van der Waals surface area contributed by atoms with Gasteiger partial charge in [-0.05, 0) is 24.5 Å². The predicted molar refractivity (Wildman–Crippen MR) is 60.2 cm³/mol. The molecule has 1 aliphatic carbocycles. The molecule has 1 atom stereocenters. The molecule has 14 heavy (non-hydrogen) atoms. The van der Waals surface area contributed by atoms with Gasteiger partial charge in [-0.25, -0.2) is 0 Å². The van der Waals surface area contributed by atoms with Gasteiger partial charge in [-0.3, -0.25) is 0 Å². The Balaban J connectivity index is 2.04. The molecule has 1 aliphatic heterocycles. The summed E-state index contributed by atoms with van der Waals surface area (Å²) in [5, 5.41) is 4.35. The number of piperazine rings is 1. The summed E-state index contributed by atoms with van der Waals surface area (Å²) >= 11 is 6.06. The van der Waals surface area contributed by atoms with Gasteiger partial charge in [-0.2, -0.15) is 0 Å². The second kappa shape index (κ2) is 4.37. The lowest BCUT2D eigenvalue weighted by molar-refractivity contribution is 0.283. The summed E-state index contributed by atoms with van der Waals surface area (Å²) in [6.07, 6.45) is 5.32. The first-order chi connectivity index (χ1) is 6.77. The van der Waals surface area contributed by atoms with Crippen LogP contribution in [0.4, 0.5) is 0 Å². The van der Waals surface area contributed by atoms with Crippen molar-refractivity contribution in [3.63, 3.8) is 0 Å². The van der Waals surface area contributed by atoms with Gasteiger partial charge >= 0.3 is 0 Å². The Hall–Kier alpha value is -0.470. The molecule has 2 nitrogen and oxygen atoms in total. The van der Waals surface area contributed by atoms with E-state index in [1.54, 1.807) is 0 Å². The van der Waals surface area contributed by atoms with E-state index >= 15 is 0 Å². The van der Waals surface area contributed by atoms with Gasteiger partial charge in [0.1, 0.15) is 0 Å². The number of hydrogen-bond acceptors (Lipinski definition) is 2. The third-order valence-electron chi connectivity index (χ3n) is 2.94. The van der Waals surface area contributed by atoms with Crippen LogP contribution in [-0.4, -0.2) is 31.1 Å². The van der Waals surface area contributed by atoms with Gasteiger partial charge in [0.2, 0.25) is 0 Å². The van der Waals surface area contributed by atoms with E-state index in [2.05, 4.69) is 23.2 Å². The zero-order valence-electron chi connectivity index (χ0n) is 8.59. The second-order valence-electron chi connectivity index (χ2n) is 4.05. The first kappa shape index (κ1) is 10.1. The molecule has 3 heteroatoms. The Morgan fingerprint density at radius 2 is 2.07 bits per heavy atom. The smallest absolute Gasteiger partial charge is 0.0300 e.